The third-order valence-electron chi connectivity index (χ3n) is 2.69. The van der Waals surface area contributed by atoms with Gasteiger partial charge in [0.15, 0.2) is 5.82 Å². The number of hydrogen-bond donors (Lipinski definition) is 0. The van der Waals surface area contributed by atoms with Crippen molar-refractivity contribution in [1.82, 2.24) is 0 Å². The zero-order chi connectivity index (χ0) is 14.9. The number of ketones is 1. The molecule has 0 spiro atoms. The van der Waals surface area contributed by atoms with Gasteiger partial charge in [0, 0.05) is 6.07 Å². The molecule has 0 aliphatic heterocycles. The van der Waals surface area contributed by atoms with Gasteiger partial charge in [-0.05, 0) is 40.2 Å². The minimum Gasteiger partial charge on any atom is -0.497 e. The fraction of sp³-hybridized carbons (Fsp3) is 0.0714. The van der Waals surface area contributed by atoms with Gasteiger partial charge < -0.3 is 4.74 Å². The molecule has 0 saturated carbocycles. The third-order valence-corrected chi connectivity index (χ3v) is 3.30. The lowest BCUT2D eigenvalue weighted by atomic mass is 10.0. The first kappa shape index (κ1) is 14.6. The van der Waals surface area contributed by atoms with E-state index in [1.165, 1.54) is 13.2 Å². The highest BCUT2D eigenvalue weighted by Gasteiger charge is 2.23. The van der Waals surface area contributed by atoms with E-state index in [4.69, 9.17) is 4.74 Å². The van der Waals surface area contributed by atoms with Gasteiger partial charge in [-0.2, -0.15) is 0 Å². The van der Waals surface area contributed by atoms with Crippen LogP contribution in [0.3, 0.4) is 0 Å². The molecule has 0 amide bonds. The molecule has 0 aromatic heterocycles. The number of hydrogen-bond acceptors (Lipinski definition) is 2. The van der Waals surface area contributed by atoms with Crippen molar-refractivity contribution in [3.8, 4) is 5.75 Å². The standard InChI is InChI=1S/C14H8BrF3O2/c1-20-7-2-3-8(11(17)6-7)14(19)12-10(16)5-4-9(15)13(12)18/h2-6H,1H3. The quantitative estimate of drug-likeness (QED) is 0.618. The molecule has 2 aromatic carbocycles. The number of benzene rings is 2. The van der Waals surface area contributed by atoms with E-state index in [1.807, 2.05) is 0 Å². The first-order chi connectivity index (χ1) is 9.45. The Hall–Kier alpha value is -1.82. The van der Waals surface area contributed by atoms with E-state index in [2.05, 4.69) is 15.9 Å². The lowest BCUT2D eigenvalue weighted by molar-refractivity contribution is 0.102. The summed E-state index contributed by atoms with van der Waals surface area (Å²) >= 11 is 2.85. The predicted octanol–water partition coefficient (Wildman–Crippen LogP) is 4.11. The molecule has 104 valence electrons. The maximum absolute atomic E-state index is 13.8. The molecule has 0 N–H and O–H groups in total. The maximum atomic E-state index is 13.8. The average molecular weight is 345 g/mol. The van der Waals surface area contributed by atoms with Crippen LogP contribution in [0.25, 0.3) is 0 Å². The summed E-state index contributed by atoms with van der Waals surface area (Å²) in [5.74, 6) is -3.89. The largest absolute Gasteiger partial charge is 0.497 e. The van der Waals surface area contributed by atoms with Gasteiger partial charge in [0.05, 0.1) is 22.7 Å². The highest BCUT2D eigenvalue weighted by molar-refractivity contribution is 9.10. The second kappa shape index (κ2) is 5.66. The second-order valence-corrected chi connectivity index (χ2v) is 4.75. The van der Waals surface area contributed by atoms with Crippen LogP contribution in [0, 0.1) is 17.5 Å². The van der Waals surface area contributed by atoms with E-state index in [9.17, 15) is 18.0 Å². The number of halogens is 4. The molecule has 2 nitrogen and oxygen atoms in total. The summed E-state index contributed by atoms with van der Waals surface area (Å²) in [5.41, 5.74) is -1.23. The molecule has 2 aromatic rings. The summed E-state index contributed by atoms with van der Waals surface area (Å²) < 4.78 is 45.9. The van der Waals surface area contributed by atoms with Crippen LogP contribution in [0.2, 0.25) is 0 Å². The summed E-state index contributed by atoms with van der Waals surface area (Å²) in [4.78, 5) is 12.1. The van der Waals surface area contributed by atoms with Crippen LogP contribution in [-0.4, -0.2) is 12.9 Å². The van der Waals surface area contributed by atoms with Crippen molar-refractivity contribution < 1.29 is 22.7 Å². The van der Waals surface area contributed by atoms with Crippen molar-refractivity contribution in [2.24, 2.45) is 0 Å². The molecule has 6 heteroatoms. The Labute approximate surface area is 121 Å². The normalized spacial score (nSPS) is 10.4. The van der Waals surface area contributed by atoms with Crippen LogP contribution >= 0.6 is 15.9 Å². The van der Waals surface area contributed by atoms with Crippen molar-refractivity contribution in [3.63, 3.8) is 0 Å². The van der Waals surface area contributed by atoms with Crippen molar-refractivity contribution in [2.75, 3.05) is 7.11 Å². The Balaban J connectivity index is 2.55. The molecule has 0 atom stereocenters. The first-order valence-electron chi connectivity index (χ1n) is 5.47. The Morgan fingerprint density at radius 1 is 1.10 bits per heavy atom. The monoisotopic (exact) mass is 344 g/mol. The fourth-order valence-electron chi connectivity index (χ4n) is 1.68. The van der Waals surface area contributed by atoms with Gasteiger partial charge in [0.25, 0.3) is 0 Å². The fourth-order valence-corrected chi connectivity index (χ4v) is 2.01. The van der Waals surface area contributed by atoms with Gasteiger partial charge in [-0.15, -0.1) is 0 Å². The molecule has 0 bridgehead atoms. The number of rotatable bonds is 3. The van der Waals surface area contributed by atoms with E-state index < -0.39 is 34.4 Å². The van der Waals surface area contributed by atoms with Gasteiger partial charge in [-0.25, -0.2) is 13.2 Å². The van der Waals surface area contributed by atoms with Gasteiger partial charge in [0.2, 0.25) is 5.78 Å². The van der Waals surface area contributed by atoms with E-state index >= 15 is 0 Å². The van der Waals surface area contributed by atoms with Crippen LogP contribution in [0.4, 0.5) is 13.2 Å². The number of carbonyl (C=O) groups excluding carboxylic acids is 1. The molecule has 0 heterocycles. The molecule has 0 radical (unpaired) electrons. The van der Waals surface area contributed by atoms with Crippen LogP contribution in [-0.2, 0) is 0 Å². The van der Waals surface area contributed by atoms with Crippen LogP contribution in [0.5, 0.6) is 5.75 Å². The number of carbonyl (C=O) groups is 1. The molecular weight excluding hydrogens is 337 g/mol. The molecule has 20 heavy (non-hydrogen) atoms. The molecular formula is C14H8BrF3O2. The Bertz CT molecular complexity index is 686. The predicted molar refractivity (Wildman–Crippen MR) is 70.4 cm³/mol. The van der Waals surface area contributed by atoms with Gasteiger partial charge in [-0.3, -0.25) is 4.79 Å². The number of methoxy groups -OCH3 is 1. The van der Waals surface area contributed by atoms with E-state index in [0.29, 0.717) is 0 Å². The first-order valence-corrected chi connectivity index (χ1v) is 6.26. The second-order valence-electron chi connectivity index (χ2n) is 3.89. The minimum atomic E-state index is -1.07. The Morgan fingerprint density at radius 2 is 1.80 bits per heavy atom. The van der Waals surface area contributed by atoms with Gasteiger partial charge in [0.1, 0.15) is 17.4 Å². The summed E-state index contributed by atoms with van der Waals surface area (Å²) in [6, 6.07) is 5.50. The van der Waals surface area contributed by atoms with Crippen molar-refractivity contribution in [2.45, 2.75) is 0 Å². The van der Waals surface area contributed by atoms with Crippen LogP contribution < -0.4 is 4.74 Å². The Morgan fingerprint density at radius 3 is 2.40 bits per heavy atom. The van der Waals surface area contributed by atoms with Crippen LogP contribution in [0.15, 0.2) is 34.8 Å². The molecule has 0 unspecified atom stereocenters. The SMILES string of the molecule is COc1ccc(C(=O)c2c(F)ccc(Br)c2F)c(F)c1. The van der Waals surface area contributed by atoms with E-state index in [1.54, 1.807) is 0 Å². The minimum absolute atomic E-state index is 0.0730. The maximum Gasteiger partial charge on any atom is 0.201 e. The topological polar surface area (TPSA) is 26.3 Å². The zero-order valence-electron chi connectivity index (χ0n) is 10.2. The Kier molecular flexibility index (Phi) is 4.13. The summed E-state index contributed by atoms with van der Waals surface area (Å²) in [6.07, 6.45) is 0. The smallest absolute Gasteiger partial charge is 0.201 e. The number of ether oxygens (including phenoxy) is 1. The molecule has 0 saturated heterocycles. The summed E-state index contributed by atoms with van der Waals surface area (Å²) in [6.45, 7) is 0. The molecule has 2 rings (SSSR count). The third kappa shape index (κ3) is 2.56. The average Bonchev–Trinajstić information content (AvgIpc) is 2.43. The summed E-state index contributed by atoms with van der Waals surface area (Å²) in [7, 11) is 1.34. The highest BCUT2D eigenvalue weighted by Crippen LogP contribution is 2.26. The molecule has 0 aliphatic rings. The zero-order valence-corrected chi connectivity index (χ0v) is 11.8. The van der Waals surface area contributed by atoms with Crippen molar-refractivity contribution in [1.29, 1.82) is 0 Å². The highest BCUT2D eigenvalue weighted by atomic mass is 79.9. The van der Waals surface area contributed by atoms with E-state index in [-0.39, 0.29) is 10.2 Å². The lowest BCUT2D eigenvalue weighted by Gasteiger charge is -2.08. The van der Waals surface area contributed by atoms with Gasteiger partial charge in [-0.1, -0.05) is 0 Å². The van der Waals surface area contributed by atoms with E-state index in [0.717, 1.165) is 24.3 Å². The van der Waals surface area contributed by atoms with Crippen LogP contribution in [0.1, 0.15) is 15.9 Å². The molecule has 0 fully saturated rings. The van der Waals surface area contributed by atoms with Crippen molar-refractivity contribution in [3.05, 3.63) is 63.4 Å². The van der Waals surface area contributed by atoms with Gasteiger partial charge >= 0.3 is 0 Å². The van der Waals surface area contributed by atoms with Crippen molar-refractivity contribution >= 4 is 21.7 Å². The summed E-state index contributed by atoms with van der Waals surface area (Å²) in [5, 5.41) is 0. The lowest BCUT2D eigenvalue weighted by Crippen LogP contribution is -2.10. The molecule has 0 aliphatic carbocycles.